The highest BCUT2D eigenvalue weighted by atomic mass is 35.5. The van der Waals surface area contributed by atoms with E-state index in [4.69, 9.17) is 22.1 Å². The smallest absolute Gasteiger partial charge is 0.119 e. The predicted octanol–water partition coefficient (Wildman–Crippen LogP) is 2.48. The van der Waals surface area contributed by atoms with Gasteiger partial charge < -0.3 is 20.5 Å². The van der Waals surface area contributed by atoms with Gasteiger partial charge in [0, 0.05) is 49.1 Å². The molecule has 134 valence electrons. The van der Waals surface area contributed by atoms with Gasteiger partial charge >= 0.3 is 0 Å². The second-order valence-corrected chi connectivity index (χ2v) is 6.73. The van der Waals surface area contributed by atoms with Gasteiger partial charge in [0.05, 0.1) is 0 Å². The molecule has 1 fully saturated rings. The summed E-state index contributed by atoms with van der Waals surface area (Å²) in [5, 5.41) is 11.0. The standard InChI is InChI=1S/C19H24ClN3O2/c20-15-1-5-17(6-2-15)23-11-9-22(10-12-23)13-18(24)14-25-19-7-3-16(21)4-8-19/h1-8,18,24H,9-14,21H2/t18-/m0/s1. The van der Waals surface area contributed by atoms with E-state index in [0.29, 0.717) is 12.2 Å². The molecule has 0 amide bonds. The summed E-state index contributed by atoms with van der Waals surface area (Å²) in [7, 11) is 0. The largest absolute Gasteiger partial charge is 0.491 e. The van der Waals surface area contributed by atoms with Crippen molar-refractivity contribution >= 4 is 23.0 Å². The fourth-order valence-electron chi connectivity index (χ4n) is 2.95. The van der Waals surface area contributed by atoms with Crippen molar-refractivity contribution in [1.82, 2.24) is 4.90 Å². The van der Waals surface area contributed by atoms with E-state index in [9.17, 15) is 5.11 Å². The Kier molecular flexibility index (Phi) is 6.02. The zero-order valence-corrected chi connectivity index (χ0v) is 14.9. The summed E-state index contributed by atoms with van der Waals surface area (Å²) in [6.07, 6.45) is -0.514. The molecule has 1 heterocycles. The number of rotatable bonds is 6. The number of hydrogen-bond acceptors (Lipinski definition) is 5. The summed E-state index contributed by atoms with van der Waals surface area (Å²) in [6.45, 7) is 4.61. The molecule has 1 atom stereocenters. The number of piperazine rings is 1. The minimum atomic E-state index is -0.514. The van der Waals surface area contributed by atoms with Gasteiger partial charge in [0.15, 0.2) is 0 Å². The number of nitrogens with zero attached hydrogens (tertiary/aromatic N) is 2. The van der Waals surface area contributed by atoms with Crippen LogP contribution in [0.4, 0.5) is 11.4 Å². The summed E-state index contributed by atoms with van der Waals surface area (Å²) in [6, 6.07) is 15.1. The van der Waals surface area contributed by atoms with Crippen molar-refractivity contribution in [3.63, 3.8) is 0 Å². The van der Waals surface area contributed by atoms with E-state index in [1.54, 1.807) is 12.1 Å². The van der Waals surface area contributed by atoms with Gasteiger partial charge in [-0.25, -0.2) is 0 Å². The lowest BCUT2D eigenvalue weighted by molar-refractivity contribution is 0.0663. The third-order valence-corrected chi connectivity index (χ3v) is 4.61. The molecular weight excluding hydrogens is 338 g/mol. The number of halogens is 1. The molecule has 0 saturated carbocycles. The van der Waals surface area contributed by atoms with Crippen LogP contribution in [0.3, 0.4) is 0 Å². The fraction of sp³-hybridized carbons (Fsp3) is 0.368. The maximum atomic E-state index is 10.2. The third kappa shape index (κ3) is 5.26. The predicted molar refractivity (Wildman–Crippen MR) is 102 cm³/mol. The molecular formula is C19H24ClN3O2. The van der Waals surface area contributed by atoms with Crippen LogP contribution in [0.25, 0.3) is 0 Å². The van der Waals surface area contributed by atoms with Gasteiger partial charge in [-0.2, -0.15) is 0 Å². The molecule has 1 saturated heterocycles. The van der Waals surface area contributed by atoms with Gasteiger partial charge in [0.2, 0.25) is 0 Å². The van der Waals surface area contributed by atoms with Crippen LogP contribution in [0.2, 0.25) is 5.02 Å². The van der Waals surface area contributed by atoms with Gasteiger partial charge in [-0.05, 0) is 48.5 Å². The van der Waals surface area contributed by atoms with Crippen LogP contribution in [0, 0.1) is 0 Å². The molecule has 2 aromatic carbocycles. The van der Waals surface area contributed by atoms with Crippen LogP contribution in [0.5, 0.6) is 5.75 Å². The second kappa shape index (κ2) is 8.43. The Morgan fingerprint density at radius 1 is 1.00 bits per heavy atom. The van der Waals surface area contributed by atoms with Crippen LogP contribution in [0.1, 0.15) is 0 Å². The SMILES string of the molecule is Nc1ccc(OC[C@@H](O)CN2CCN(c3ccc(Cl)cc3)CC2)cc1. The van der Waals surface area contributed by atoms with Crippen LogP contribution in [-0.2, 0) is 0 Å². The summed E-state index contributed by atoms with van der Waals surface area (Å²) in [4.78, 5) is 4.60. The highest BCUT2D eigenvalue weighted by Crippen LogP contribution is 2.19. The number of nitrogens with two attached hydrogens (primary N) is 1. The minimum absolute atomic E-state index is 0.279. The molecule has 2 aromatic rings. The van der Waals surface area contributed by atoms with Crippen LogP contribution in [-0.4, -0.2) is 55.4 Å². The Hall–Kier alpha value is -1.95. The molecule has 6 heteroatoms. The molecule has 0 aliphatic carbocycles. The van der Waals surface area contributed by atoms with Crippen molar-refractivity contribution in [2.24, 2.45) is 0 Å². The molecule has 0 bridgehead atoms. The Balaban J connectivity index is 1.40. The molecule has 1 aliphatic rings. The Labute approximate surface area is 153 Å². The number of β-amino-alcohol motifs (C(OH)–C–C–N with tert-alkyl or cyclic N) is 1. The number of aliphatic hydroxyl groups is 1. The molecule has 0 radical (unpaired) electrons. The molecule has 5 nitrogen and oxygen atoms in total. The lowest BCUT2D eigenvalue weighted by Gasteiger charge is -2.36. The fourth-order valence-corrected chi connectivity index (χ4v) is 3.07. The Morgan fingerprint density at radius 2 is 1.64 bits per heavy atom. The van der Waals surface area contributed by atoms with Crippen LogP contribution < -0.4 is 15.4 Å². The number of nitrogen functional groups attached to an aromatic ring is 1. The third-order valence-electron chi connectivity index (χ3n) is 4.36. The van der Waals surface area contributed by atoms with Crippen molar-refractivity contribution in [3.05, 3.63) is 53.6 Å². The first-order valence-electron chi connectivity index (χ1n) is 8.49. The summed E-state index contributed by atoms with van der Waals surface area (Å²) >= 11 is 5.94. The lowest BCUT2D eigenvalue weighted by Crippen LogP contribution is -2.49. The quantitative estimate of drug-likeness (QED) is 0.774. The first-order chi connectivity index (χ1) is 12.1. The van der Waals surface area contributed by atoms with Gasteiger partial charge in [-0.1, -0.05) is 11.6 Å². The average molecular weight is 362 g/mol. The second-order valence-electron chi connectivity index (χ2n) is 6.30. The van der Waals surface area contributed by atoms with E-state index in [1.165, 1.54) is 5.69 Å². The number of anilines is 2. The monoisotopic (exact) mass is 361 g/mol. The highest BCUT2D eigenvalue weighted by Gasteiger charge is 2.19. The molecule has 0 aromatic heterocycles. The molecule has 0 unspecified atom stereocenters. The number of ether oxygens (including phenoxy) is 1. The summed E-state index contributed by atoms with van der Waals surface area (Å²) in [5.74, 6) is 0.723. The number of benzene rings is 2. The Bertz CT molecular complexity index is 655. The van der Waals surface area contributed by atoms with Crippen molar-refractivity contribution in [2.75, 3.05) is 50.0 Å². The van der Waals surface area contributed by atoms with Crippen molar-refractivity contribution < 1.29 is 9.84 Å². The molecule has 0 spiro atoms. The van der Waals surface area contributed by atoms with Crippen molar-refractivity contribution in [3.8, 4) is 5.75 Å². The highest BCUT2D eigenvalue weighted by molar-refractivity contribution is 6.30. The maximum absolute atomic E-state index is 10.2. The molecule has 1 aliphatic heterocycles. The van der Waals surface area contributed by atoms with Crippen LogP contribution >= 0.6 is 11.6 Å². The summed E-state index contributed by atoms with van der Waals surface area (Å²) < 4.78 is 5.61. The normalized spacial score (nSPS) is 16.6. The first-order valence-corrected chi connectivity index (χ1v) is 8.87. The average Bonchev–Trinajstić information content (AvgIpc) is 2.63. The van der Waals surface area contributed by atoms with Crippen LogP contribution in [0.15, 0.2) is 48.5 Å². The zero-order valence-electron chi connectivity index (χ0n) is 14.1. The number of aliphatic hydroxyl groups excluding tert-OH is 1. The van der Waals surface area contributed by atoms with Crippen molar-refractivity contribution in [1.29, 1.82) is 0 Å². The van der Waals surface area contributed by atoms with Gasteiger partial charge in [-0.15, -0.1) is 0 Å². The van der Waals surface area contributed by atoms with E-state index in [1.807, 2.05) is 36.4 Å². The first kappa shape index (κ1) is 17.9. The van der Waals surface area contributed by atoms with E-state index in [2.05, 4.69) is 9.80 Å². The minimum Gasteiger partial charge on any atom is -0.491 e. The van der Waals surface area contributed by atoms with E-state index >= 15 is 0 Å². The molecule has 3 rings (SSSR count). The molecule has 25 heavy (non-hydrogen) atoms. The van der Waals surface area contributed by atoms with E-state index in [0.717, 1.165) is 37.0 Å². The van der Waals surface area contributed by atoms with Gasteiger partial charge in [-0.3, -0.25) is 4.90 Å². The zero-order chi connectivity index (χ0) is 17.6. The van der Waals surface area contributed by atoms with Crippen molar-refractivity contribution in [2.45, 2.75) is 6.10 Å². The van der Waals surface area contributed by atoms with E-state index in [-0.39, 0.29) is 6.61 Å². The number of hydrogen-bond donors (Lipinski definition) is 2. The van der Waals surface area contributed by atoms with Gasteiger partial charge in [0.1, 0.15) is 18.5 Å². The summed E-state index contributed by atoms with van der Waals surface area (Å²) in [5.41, 5.74) is 7.54. The topological polar surface area (TPSA) is 62.0 Å². The van der Waals surface area contributed by atoms with E-state index < -0.39 is 6.10 Å². The maximum Gasteiger partial charge on any atom is 0.119 e. The molecule has 3 N–H and O–H groups in total. The van der Waals surface area contributed by atoms with Gasteiger partial charge in [0.25, 0.3) is 0 Å². The lowest BCUT2D eigenvalue weighted by atomic mass is 10.2. The Morgan fingerprint density at radius 3 is 2.28 bits per heavy atom.